The number of aryl methyl sites for hydroxylation is 1. The topological polar surface area (TPSA) is 58.1 Å². The maximum absolute atomic E-state index is 12.9. The van der Waals surface area contributed by atoms with Crippen molar-refractivity contribution in [2.45, 2.75) is 19.8 Å². The highest BCUT2D eigenvalue weighted by Gasteiger charge is 2.22. The summed E-state index contributed by atoms with van der Waals surface area (Å²) < 4.78 is 0. The highest BCUT2D eigenvalue weighted by molar-refractivity contribution is 5.93. The van der Waals surface area contributed by atoms with E-state index >= 15 is 0 Å². The third-order valence-electron chi connectivity index (χ3n) is 4.78. The number of aromatic nitrogens is 2. The molecule has 0 unspecified atom stereocenters. The molecule has 5 heteroatoms. The molecule has 1 aliphatic rings. The Morgan fingerprint density at radius 2 is 1.67 bits per heavy atom. The van der Waals surface area contributed by atoms with E-state index in [4.69, 9.17) is 0 Å². The summed E-state index contributed by atoms with van der Waals surface area (Å²) in [6, 6.07) is 19.5. The second-order valence-electron chi connectivity index (χ2n) is 6.77. The Kier molecular flexibility index (Phi) is 4.83. The highest BCUT2D eigenvalue weighted by Crippen LogP contribution is 2.23. The minimum Gasteiger partial charge on any atom is -0.340 e. The zero-order valence-corrected chi connectivity index (χ0v) is 15.4. The standard InChI is InChI=1S/C22H22N4O/c1-16-9-5-6-12-18(16)23-20-15-19(22(27)26-13-7-8-14-26)24-21(25-20)17-10-3-2-4-11-17/h2-6,9-12,15H,7-8,13-14H2,1H3,(H,23,24,25). The Hall–Kier alpha value is -3.21. The fourth-order valence-corrected chi connectivity index (χ4v) is 3.27. The van der Waals surface area contributed by atoms with Crippen molar-refractivity contribution in [1.29, 1.82) is 0 Å². The van der Waals surface area contributed by atoms with Gasteiger partial charge in [0.25, 0.3) is 5.91 Å². The fourth-order valence-electron chi connectivity index (χ4n) is 3.27. The van der Waals surface area contributed by atoms with E-state index in [0.717, 1.165) is 42.7 Å². The molecule has 1 N–H and O–H groups in total. The number of rotatable bonds is 4. The second-order valence-corrected chi connectivity index (χ2v) is 6.77. The van der Waals surface area contributed by atoms with Crippen molar-refractivity contribution in [3.63, 3.8) is 0 Å². The molecule has 3 aromatic rings. The van der Waals surface area contributed by atoms with Crippen LogP contribution in [0.2, 0.25) is 0 Å². The summed E-state index contributed by atoms with van der Waals surface area (Å²) in [4.78, 5) is 24.0. The summed E-state index contributed by atoms with van der Waals surface area (Å²) in [5.74, 6) is 1.15. The van der Waals surface area contributed by atoms with E-state index in [-0.39, 0.29) is 5.91 Å². The first-order valence-electron chi connectivity index (χ1n) is 9.27. The van der Waals surface area contributed by atoms with Crippen molar-refractivity contribution in [3.05, 3.63) is 71.9 Å². The van der Waals surface area contributed by atoms with Crippen molar-refractivity contribution < 1.29 is 4.79 Å². The minimum absolute atomic E-state index is 0.0279. The maximum Gasteiger partial charge on any atom is 0.272 e. The number of hydrogen-bond acceptors (Lipinski definition) is 4. The van der Waals surface area contributed by atoms with Crippen LogP contribution < -0.4 is 5.32 Å². The average Bonchev–Trinajstić information content (AvgIpc) is 3.24. The second kappa shape index (κ2) is 7.58. The average molecular weight is 358 g/mol. The van der Waals surface area contributed by atoms with Gasteiger partial charge >= 0.3 is 0 Å². The molecule has 0 aliphatic carbocycles. The number of anilines is 2. The van der Waals surface area contributed by atoms with Crippen molar-refractivity contribution >= 4 is 17.4 Å². The molecule has 27 heavy (non-hydrogen) atoms. The Bertz CT molecular complexity index is 950. The molecule has 1 aromatic heterocycles. The van der Waals surface area contributed by atoms with Crippen LogP contribution in [0, 0.1) is 6.92 Å². The zero-order valence-electron chi connectivity index (χ0n) is 15.4. The zero-order chi connectivity index (χ0) is 18.6. The molecular formula is C22H22N4O. The van der Waals surface area contributed by atoms with E-state index in [9.17, 15) is 4.79 Å². The van der Waals surface area contributed by atoms with Gasteiger partial charge in [0.2, 0.25) is 0 Å². The van der Waals surface area contributed by atoms with Gasteiger partial charge in [-0.05, 0) is 31.4 Å². The number of amides is 1. The van der Waals surface area contributed by atoms with Gasteiger partial charge in [0, 0.05) is 30.4 Å². The molecule has 2 aromatic carbocycles. The smallest absolute Gasteiger partial charge is 0.272 e. The lowest BCUT2D eigenvalue weighted by atomic mass is 10.2. The quantitative estimate of drug-likeness (QED) is 0.749. The summed E-state index contributed by atoms with van der Waals surface area (Å²) in [6.45, 7) is 3.63. The monoisotopic (exact) mass is 358 g/mol. The lowest BCUT2D eigenvalue weighted by Gasteiger charge is -2.16. The molecule has 1 fully saturated rings. The Morgan fingerprint density at radius 3 is 2.41 bits per heavy atom. The van der Waals surface area contributed by atoms with E-state index in [1.165, 1.54) is 0 Å². The molecule has 0 saturated carbocycles. The number of para-hydroxylation sites is 1. The van der Waals surface area contributed by atoms with E-state index in [1.54, 1.807) is 6.07 Å². The maximum atomic E-state index is 12.9. The van der Waals surface area contributed by atoms with Crippen LogP contribution in [0.4, 0.5) is 11.5 Å². The number of nitrogens with one attached hydrogen (secondary N) is 1. The molecule has 0 bridgehead atoms. The lowest BCUT2D eigenvalue weighted by Crippen LogP contribution is -2.28. The summed E-state index contributed by atoms with van der Waals surface area (Å²) in [6.07, 6.45) is 2.10. The van der Waals surface area contributed by atoms with Gasteiger partial charge in [0.05, 0.1) is 0 Å². The third kappa shape index (κ3) is 3.82. The van der Waals surface area contributed by atoms with Crippen molar-refractivity contribution in [1.82, 2.24) is 14.9 Å². The first kappa shape index (κ1) is 17.2. The number of carbonyl (C=O) groups is 1. The van der Waals surface area contributed by atoms with Crippen molar-refractivity contribution in [2.24, 2.45) is 0 Å². The van der Waals surface area contributed by atoms with Crippen molar-refractivity contribution in [3.8, 4) is 11.4 Å². The van der Waals surface area contributed by atoms with Gasteiger partial charge in [-0.3, -0.25) is 4.79 Å². The van der Waals surface area contributed by atoms with Crippen LogP contribution in [0.3, 0.4) is 0 Å². The molecule has 136 valence electrons. The van der Waals surface area contributed by atoms with Gasteiger partial charge < -0.3 is 10.2 Å². The van der Waals surface area contributed by atoms with Crippen LogP contribution in [-0.2, 0) is 0 Å². The van der Waals surface area contributed by atoms with E-state index in [1.807, 2.05) is 66.4 Å². The molecule has 0 atom stereocenters. The molecular weight excluding hydrogens is 336 g/mol. The summed E-state index contributed by atoms with van der Waals surface area (Å²) >= 11 is 0. The molecule has 1 saturated heterocycles. The highest BCUT2D eigenvalue weighted by atomic mass is 16.2. The largest absolute Gasteiger partial charge is 0.340 e. The van der Waals surface area contributed by atoms with Crippen molar-refractivity contribution in [2.75, 3.05) is 18.4 Å². The fraction of sp³-hybridized carbons (Fsp3) is 0.227. The lowest BCUT2D eigenvalue weighted by molar-refractivity contribution is 0.0787. The normalized spacial score (nSPS) is 13.6. The molecule has 5 nitrogen and oxygen atoms in total. The predicted molar refractivity (Wildman–Crippen MR) is 107 cm³/mol. The van der Waals surface area contributed by atoms with Crippen LogP contribution in [0.1, 0.15) is 28.9 Å². The molecule has 0 spiro atoms. The number of hydrogen-bond donors (Lipinski definition) is 1. The SMILES string of the molecule is Cc1ccccc1Nc1cc(C(=O)N2CCCC2)nc(-c2ccccc2)n1. The summed E-state index contributed by atoms with van der Waals surface area (Å²) in [5, 5.41) is 3.35. The Morgan fingerprint density at radius 1 is 0.963 bits per heavy atom. The summed E-state index contributed by atoms with van der Waals surface area (Å²) in [5.41, 5.74) is 3.41. The predicted octanol–water partition coefficient (Wildman–Crippen LogP) is 4.43. The van der Waals surface area contributed by atoms with Gasteiger partial charge in [-0.1, -0.05) is 48.5 Å². The number of benzene rings is 2. The molecule has 4 rings (SSSR count). The number of likely N-dealkylation sites (tertiary alicyclic amines) is 1. The summed E-state index contributed by atoms with van der Waals surface area (Å²) in [7, 11) is 0. The van der Waals surface area contributed by atoms with Crippen LogP contribution in [0.15, 0.2) is 60.7 Å². The van der Waals surface area contributed by atoms with Crippen LogP contribution in [0.25, 0.3) is 11.4 Å². The van der Waals surface area contributed by atoms with Gasteiger partial charge in [-0.15, -0.1) is 0 Å². The molecule has 2 heterocycles. The van der Waals surface area contributed by atoms with Crippen LogP contribution in [-0.4, -0.2) is 33.9 Å². The van der Waals surface area contributed by atoms with E-state index in [2.05, 4.69) is 15.3 Å². The van der Waals surface area contributed by atoms with Gasteiger partial charge in [0.1, 0.15) is 11.5 Å². The Labute approximate surface area is 159 Å². The van der Waals surface area contributed by atoms with E-state index in [0.29, 0.717) is 17.3 Å². The third-order valence-corrected chi connectivity index (χ3v) is 4.78. The van der Waals surface area contributed by atoms with Gasteiger partial charge in [0.15, 0.2) is 5.82 Å². The molecule has 1 amide bonds. The van der Waals surface area contributed by atoms with Crippen LogP contribution >= 0.6 is 0 Å². The minimum atomic E-state index is -0.0279. The van der Waals surface area contributed by atoms with E-state index < -0.39 is 0 Å². The van der Waals surface area contributed by atoms with Gasteiger partial charge in [-0.25, -0.2) is 9.97 Å². The van der Waals surface area contributed by atoms with Crippen LogP contribution in [0.5, 0.6) is 0 Å². The first-order valence-corrected chi connectivity index (χ1v) is 9.27. The molecule has 1 aliphatic heterocycles. The first-order chi connectivity index (χ1) is 13.2. The van der Waals surface area contributed by atoms with Gasteiger partial charge in [-0.2, -0.15) is 0 Å². The number of carbonyl (C=O) groups excluding carboxylic acids is 1. The molecule has 0 radical (unpaired) electrons. The number of nitrogens with zero attached hydrogens (tertiary/aromatic N) is 3. The Balaban J connectivity index is 1.74.